The lowest BCUT2D eigenvalue weighted by Crippen LogP contribution is -2.03. The molecular formula is C18H14N4O. The van der Waals surface area contributed by atoms with Crippen molar-refractivity contribution in [1.29, 1.82) is 0 Å². The SMILES string of the molecule is CC(N)=Nc1ccc2nc(-c3ccc4occc4c3)ncc2c1. The molecule has 2 N–H and O–H groups in total. The highest BCUT2D eigenvalue weighted by Gasteiger charge is 2.06. The number of nitrogens with two attached hydrogens (primary N) is 1. The van der Waals surface area contributed by atoms with E-state index < -0.39 is 0 Å². The highest BCUT2D eigenvalue weighted by molar-refractivity contribution is 5.87. The summed E-state index contributed by atoms with van der Waals surface area (Å²) in [5.41, 5.74) is 9.10. The Morgan fingerprint density at radius 2 is 2.00 bits per heavy atom. The Labute approximate surface area is 132 Å². The summed E-state index contributed by atoms with van der Waals surface area (Å²) in [6.45, 7) is 1.76. The number of aliphatic imine (C=N–C) groups is 1. The van der Waals surface area contributed by atoms with E-state index in [1.54, 1.807) is 13.2 Å². The number of furan rings is 1. The van der Waals surface area contributed by atoms with Crippen LogP contribution >= 0.6 is 0 Å². The van der Waals surface area contributed by atoms with Crippen LogP contribution in [0.5, 0.6) is 0 Å². The fourth-order valence-electron chi connectivity index (χ4n) is 2.54. The van der Waals surface area contributed by atoms with Crippen molar-refractivity contribution in [3.8, 4) is 11.4 Å². The highest BCUT2D eigenvalue weighted by atomic mass is 16.3. The van der Waals surface area contributed by atoms with E-state index in [0.717, 1.165) is 33.1 Å². The van der Waals surface area contributed by atoms with Gasteiger partial charge in [-0.3, -0.25) is 0 Å². The van der Waals surface area contributed by atoms with Crippen LogP contribution in [0, 0.1) is 0 Å². The molecule has 0 saturated carbocycles. The van der Waals surface area contributed by atoms with Gasteiger partial charge in [0.2, 0.25) is 0 Å². The average molecular weight is 302 g/mol. The van der Waals surface area contributed by atoms with Gasteiger partial charge >= 0.3 is 0 Å². The number of hydrogen-bond acceptors (Lipinski definition) is 4. The van der Waals surface area contributed by atoms with E-state index in [4.69, 9.17) is 10.2 Å². The molecule has 0 spiro atoms. The Kier molecular flexibility index (Phi) is 3.05. The van der Waals surface area contributed by atoms with Crippen molar-refractivity contribution in [2.24, 2.45) is 10.7 Å². The minimum Gasteiger partial charge on any atom is -0.464 e. The highest BCUT2D eigenvalue weighted by Crippen LogP contribution is 2.25. The van der Waals surface area contributed by atoms with Crippen LogP contribution in [0.25, 0.3) is 33.3 Å². The standard InChI is InChI=1S/C18H14N4O/c1-11(19)21-15-3-4-16-14(9-15)10-20-18(22-16)13-2-5-17-12(8-13)6-7-23-17/h2-10H,1H3,(H2,19,21). The molecule has 5 heteroatoms. The van der Waals surface area contributed by atoms with Crippen LogP contribution in [-0.2, 0) is 0 Å². The van der Waals surface area contributed by atoms with E-state index in [1.165, 1.54) is 0 Å². The molecular weight excluding hydrogens is 288 g/mol. The molecule has 0 amide bonds. The van der Waals surface area contributed by atoms with Crippen LogP contribution in [0.3, 0.4) is 0 Å². The maximum absolute atomic E-state index is 5.62. The number of aromatic nitrogens is 2. The summed E-state index contributed by atoms with van der Waals surface area (Å²) in [5, 5.41) is 1.97. The molecule has 2 aromatic carbocycles. The molecule has 0 aliphatic carbocycles. The van der Waals surface area contributed by atoms with Gasteiger partial charge in [0, 0.05) is 22.5 Å². The van der Waals surface area contributed by atoms with E-state index in [0.29, 0.717) is 11.7 Å². The van der Waals surface area contributed by atoms with Crippen molar-refractivity contribution in [2.45, 2.75) is 6.92 Å². The van der Waals surface area contributed by atoms with Gasteiger partial charge in [-0.1, -0.05) is 0 Å². The van der Waals surface area contributed by atoms with Crippen molar-refractivity contribution < 1.29 is 4.42 Å². The second-order valence-corrected chi connectivity index (χ2v) is 5.36. The molecule has 23 heavy (non-hydrogen) atoms. The quantitative estimate of drug-likeness (QED) is 0.447. The fourth-order valence-corrected chi connectivity index (χ4v) is 2.54. The number of benzene rings is 2. The minimum absolute atomic E-state index is 0.523. The monoisotopic (exact) mass is 302 g/mol. The molecule has 0 atom stereocenters. The largest absolute Gasteiger partial charge is 0.464 e. The number of nitrogens with zero attached hydrogens (tertiary/aromatic N) is 3. The molecule has 0 radical (unpaired) electrons. The molecule has 0 bridgehead atoms. The predicted octanol–water partition coefficient (Wildman–Crippen LogP) is 4.05. The second-order valence-electron chi connectivity index (χ2n) is 5.36. The smallest absolute Gasteiger partial charge is 0.159 e. The first kappa shape index (κ1) is 13.5. The summed E-state index contributed by atoms with van der Waals surface area (Å²) in [5.74, 6) is 1.21. The van der Waals surface area contributed by atoms with Crippen molar-refractivity contribution in [3.63, 3.8) is 0 Å². The van der Waals surface area contributed by atoms with Crippen LogP contribution in [-0.4, -0.2) is 15.8 Å². The molecule has 2 heterocycles. The van der Waals surface area contributed by atoms with Gasteiger partial charge in [0.25, 0.3) is 0 Å². The normalized spacial score (nSPS) is 12.1. The lowest BCUT2D eigenvalue weighted by Gasteiger charge is -2.04. The van der Waals surface area contributed by atoms with Crippen molar-refractivity contribution in [3.05, 3.63) is 54.9 Å². The van der Waals surface area contributed by atoms with Crippen molar-refractivity contribution in [1.82, 2.24) is 9.97 Å². The summed E-state index contributed by atoms with van der Waals surface area (Å²) in [4.78, 5) is 13.3. The Balaban J connectivity index is 1.80. The Bertz CT molecular complexity index is 1050. The Hall–Kier alpha value is -3.21. The van der Waals surface area contributed by atoms with Gasteiger partial charge in [0.15, 0.2) is 5.82 Å². The van der Waals surface area contributed by atoms with Gasteiger partial charge in [0.1, 0.15) is 5.58 Å². The van der Waals surface area contributed by atoms with E-state index in [-0.39, 0.29) is 0 Å². The molecule has 0 aliphatic rings. The van der Waals surface area contributed by atoms with E-state index in [1.807, 2.05) is 48.7 Å². The zero-order valence-electron chi connectivity index (χ0n) is 12.5. The van der Waals surface area contributed by atoms with Gasteiger partial charge in [0.05, 0.1) is 23.3 Å². The van der Waals surface area contributed by atoms with Gasteiger partial charge < -0.3 is 10.2 Å². The van der Waals surface area contributed by atoms with E-state index >= 15 is 0 Å². The Morgan fingerprint density at radius 1 is 1.09 bits per heavy atom. The first-order chi connectivity index (χ1) is 11.2. The van der Waals surface area contributed by atoms with Crippen molar-refractivity contribution in [2.75, 3.05) is 0 Å². The number of hydrogen-bond donors (Lipinski definition) is 1. The fraction of sp³-hybridized carbons (Fsp3) is 0.0556. The number of rotatable bonds is 2. The predicted molar refractivity (Wildman–Crippen MR) is 91.7 cm³/mol. The van der Waals surface area contributed by atoms with Crippen LogP contribution in [0.2, 0.25) is 0 Å². The topological polar surface area (TPSA) is 77.3 Å². The van der Waals surface area contributed by atoms with Crippen LogP contribution in [0.1, 0.15) is 6.92 Å². The zero-order valence-corrected chi connectivity index (χ0v) is 12.5. The third kappa shape index (κ3) is 2.53. The molecule has 0 saturated heterocycles. The molecule has 0 fully saturated rings. The van der Waals surface area contributed by atoms with Crippen LogP contribution in [0.15, 0.2) is 64.3 Å². The molecule has 2 aromatic heterocycles. The summed E-state index contributed by atoms with van der Waals surface area (Å²) >= 11 is 0. The lowest BCUT2D eigenvalue weighted by atomic mass is 10.1. The van der Waals surface area contributed by atoms with Gasteiger partial charge in [-0.2, -0.15) is 0 Å². The van der Waals surface area contributed by atoms with E-state index in [2.05, 4.69) is 15.0 Å². The number of amidine groups is 1. The lowest BCUT2D eigenvalue weighted by molar-refractivity contribution is 0.616. The number of fused-ring (bicyclic) bond motifs is 2. The zero-order chi connectivity index (χ0) is 15.8. The third-order valence-electron chi connectivity index (χ3n) is 3.58. The van der Waals surface area contributed by atoms with Crippen LogP contribution < -0.4 is 5.73 Å². The first-order valence-corrected chi connectivity index (χ1v) is 7.24. The molecule has 4 aromatic rings. The summed E-state index contributed by atoms with van der Waals surface area (Å²) in [6.07, 6.45) is 3.49. The van der Waals surface area contributed by atoms with Gasteiger partial charge in [-0.15, -0.1) is 0 Å². The molecule has 0 aliphatic heterocycles. The second kappa shape index (κ2) is 5.21. The van der Waals surface area contributed by atoms with Crippen LogP contribution in [0.4, 0.5) is 5.69 Å². The van der Waals surface area contributed by atoms with Gasteiger partial charge in [-0.05, 0) is 49.4 Å². The molecule has 5 nitrogen and oxygen atoms in total. The third-order valence-corrected chi connectivity index (χ3v) is 3.58. The molecule has 4 rings (SSSR count). The minimum atomic E-state index is 0.523. The van der Waals surface area contributed by atoms with Gasteiger partial charge in [-0.25, -0.2) is 15.0 Å². The maximum Gasteiger partial charge on any atom is 0.159 e. The van der Waals surface area contributed by atoms with E-state index in [9.17, 15) is 0 Å². The average Bonchev–Trinajstić information content (AvgIpc) is 3.01. The first-order valence-electron chi connectivity index (χ1n) is 7.24. The maximum atomic E-state index is 5.62. The molecule has 0 unspecified atom stereocenters. The summed E-state index contributed by atoms with van der Waals surface area (Å²) < 4.78 is 5.36. The summed E-state index contributed by atoms with van der Waals surface area (Å²) in [6, 6.07) is 13.6. The summed E-state index contributed by atoms with van der Waals surface area (Å²) in [7, 11) is 0. The van der Waals surface area contributed by atoms with Crippen molar-refractivity contribution >= 4 is 33.4 Å². The molecule has 112 valence electrons. The Morgan fingerprint density at radius 3 is 2.87 bits per heavy atom.